The summed E-state index contributed by atoms with van der Waals surface area (Å²) in [6.07, 6.45) is 5.51. The molecule has 0 saturated heterocycles. The van der Waals surface area contributed by atoms with Crippen LogP contribution in [0.4, 0.5) is 0 Å². The first-order chi connectivity index (χ1) is 12.2. The average Bonchev–Trinajstić information content (AvgIpc) is 3.09. The van der Waals surface area contributed by atoms with E-state index in [9.17, 15) is 8.42 Å². The Hall–Kier alpha value is -1.73. The Labute approximate surface area is 159 Å². The molecular weight excluding hydrogens is 366 g/mol. The van der Waals surface area contributed by atoms with Crippen molar-refractivity contribution in [1.29, 1.82) is 0 Å². The van der Waals surface area contributed by atoms with Gasteiger partial charge in [-0.05, 0) is 44.2 Å². The monoisotopic (exact) mass is 391 g/mol. The summed E-state index contributed by atoms with van der Waals surface area (Å²) >= 11 is 1.27. The quantitative estimate of drug-likeness (QED) is 0.636. The van der Waals surface area contributed by atoms with E-state index in [1.807, 2.05) is 25.5 Å². The van der Waals surface area contributed by atoms with E-state index in [0.717, 1.165) is 45.8 Å². The summed E-state index contributed by atoms with van der Waals surface area (Å²) in [6, 6.07) is 1.72. The molecule has 0 aromatic carbocycles. The number of nitrogens with zero attached hydrogens (tertiary/aromatic N) is 3. The number of hydrogen-bond acceptors (Lipinski definition) is 5. The summed E-state index contributed by atoms with van der Waals surface area (Å²) in [4.78, 5) is 10.6. The maximum Gasteiger partial charge on any atom is 0.184 e. The van der Waals surface area contributed by atoms with E-state index in [0.29, 0.717) is 10.1 Å². The Morgan fingerprint density at radius 1 is 1.19 bits per heavy atom. The standard InChI is InChI=1S/C19H25N3O2S2/c1-7-13(8-2)14-10-22(5)19-17(14)20-12(4)16(21-19)18-11(3)9-15(25-18)26(6,23)24/h9-10,13H,7-8H2,1-6H3. The van der Waals surface area contributed by atoms with E-state index >= 15 is 0 Å². The first kappa shape index (κ1) is 19.0. The highest BCUT2D eigenvalue weighted by atomic mass is 32.2. The molecule has 5 nitrogen and oxygen atoms in total. The van der Waals surface area contributed by atoms with Crippen molar-refractivity contribution >= 4 is 32.3 Å². The molecule has 3 heterocycles. The third-order valence-corrected chi connectivity index (χ3v) is 7.94. The van der Waals surface area contributed by atoms with E-state index in [1.54, 1.807) is 6.07 Å². The fourth-order valence-corrected chi connectivity index (χ4v) is 5.59. The van der Waals surface area contributed by atoms with Crippen LogP contribution in [0.25, 0.3) is 21.7 Å². The van der Waals surface area contributed by atoms with Gasteiger partial charge in [-0.15, -0.1) is 11.3 Å². The first-order valence-corrected chi connectivity index (χ1v) is 11.5. The Morgan fingerprint density at radius 3 is 2.38 bits per heavy atom. The van der Waals surface area contributed by atoms with Crippen LogP contribution < -0.4 is 0 Å². The number of thiophene rings is 1. The molecule has 3 aromatic heterocycles. The Bertz CT molecular complexity index is 1070. The molecule has 0 radical (unpaired) electrons. The van der Waals surface area contributed by atoms with E-state index < -0.39 is 9.84 Å². The lowest BCUT2D eigenvalue weighted by atomic mass is 9.96. The van der Waals surface area contributed by atoms with Crippen LogP contribution >= 0.6 is 11.3 Å². The lowest BCUT2D eigenvalue weighted by Crippen LogP contribution is -1.98. The average molecular weight is 392 g/mol. The first-order valence-electron chi connectivity index (χ1n) is 8.81. The summed E-state index contributed by atoms with van der Waals surface area (Å²) in [7, 11) is -1.23. The highest BCUT2D eigenvalue weighted by molar-refractivity contribution is 7.92. The van der Waals surface area contributed by atoms with Crippen molar-refractivity contribution in [3.05, 3.63) is 29.1 Å². The maximum atomic E-state index is 11.9. The minimum atomic E-state index is -3.22. The number of hydrogen-bond donors (Lipinski definition) is 0. The lowest BCUT2D eigenvalue weighted by Gasteiger charge is -2.11. The Kier molecular flexibility index (Phi) is 4.96. The predicted octanol–water partition coefficient (Wildman–Crippen LogP) is 4.62. The van der Waals surface area contributed by atoms with Crippen molar-refractivity contribution in [1.82, 2.24) is 14.5 Å². The van der Waals surface area contributed by atoms with Crippen LogP contribution in [-0.4, -0.2) is 29.2 Å². The zero-order chi connectivity index (χ0) is 19.2. The van der Waals surface area contributed by atoms with Gasteiger partial charge in [-0.1, -0.05) is 13.8 Å². The number of sulfone groups is 1. The minimum absolute atomic E-state index is 0.371. The fraction of sp³-hybridized carbons (Fsp3) is 0.474. The Morgan fingerprint density at radius 2 is 1.85 bits per heavy atom. The Balaban J connectivity index is 2.23. The van der Waals surface area contributed by atoms with Crippen molar-refractivity contribution < 1.29 is 8.42 Å². The lowest BCUT2D eigenvalue weighted by molar-refractivity contribution is 0.604. The molecule has 0 aliphatic rings. The number of rotatable bonds is 5. The van der Waals surface area contributed by atoms with Gasteiger partial charge in [0.15, 0.2) is 15.5 Å². The molecule has 0 bridgehead atoms. The van der Waals surface area contributed by atoms with Crippen LogP contribution in [0.1, 0.15) is 49.4 Å². The molecule has 0 aliphatic carbocycles. The smallest absolute Gasteiger partial charge is 0.184 e. The SMILES string of the molecule is CCC(CC)c1cn(C)c2nc(-c3sc(S(C)(=O)=O)cc3C)c(C)nc12. The van der Waals surface area contributed by atoms with Gasteiger partial charge in [0, 0.05) is 25.1 Å². The van der Waals surface area contributed by atoms with E-state index in [1.165, 1.54) is 23.2 Å². The van der Waals surface area contributed by atoms with Gasteiger partial charge in [0.05, 0.1) is 10.6 Å². The van der Waals surface area contributed by atoms with E-state index in [-0.39, 0.29) is 0 Å². The molecule has 7 heteroatoms. The molecule has 0 spiro atoms. The molecule has 26 heavy (non-hydrogen) atoms. The normalized spacial score (nSPS) is 12.4. The second kappa shape index (κ2) is 6.78. The van der Waals surface area contributed by atoms with Crippen molar-refractivity contribution in [2.24, 2.45) is 7.05 Å². The third kappa shape index (κ3) is 3.18. The summed E-state index contributed by atoms with van der Waals surface area (Å²) in [5, 5.41) is 0. The second-order valence-electron chi connectivity index (χ2n) is 6.89. The van der Waals surface area contributed by atoms with E-state index in [2.05, 4.69) is 20.0 Å². The van der Waals surface area contributed by atoms with Crippen LogP contribution in [-0.2, 0) is 16.9 Å². The van der Waals surface area contributed by atoms with Crippen molar-refractivity contribution in [3.8, 4) is 10.6 Å². The van der Waals surface area contributed by atoms with Gasteiger partial charge >= 0.3 is 0 Å². The van der Waals surface area contributed by atoms with Crippen molar-refractivity contribution in [2.45, 2.75) is 50.7 Å². The summed E-state index contributed by atoms with van der Waals surface area (Å²) in [6.45, 7) is 8.27. The van der Waals surface area contributed by atoms with Gasteiger partial charge < -0.3 is 4.57 Å². The third-order valence-electron chi connectivity index (χ3n) is 4.89. The molecule has 3 rings (SSSR count). The zero-order valence-electron chi connectivity index (χ0n) is 16.1. The number of fused-ring (bicyclic) bond motifs is 1. The molecule has 0 atom stereocenters. The van der Waals surface area contributed by atoms with Crippen LogP contribution in [0.5, 0.6) is 0 Å². The maximum absolute atomic E-state index is 11.9. The van der Waals surface area contributed by atoms with Crippen LogP contribution in [0.3, 0.4) is 0 Å². The van der Waals surface area contributed by atoms with Gasteiger partial charge in [0.25, 0.3) is 0 Å². The predicted molar refractivity (Wildman–Crippen MR) is 108 cm³/mol. The van der Waals surface area contributed by atoms with E-state index in [4.69, 9.17) is 9.97 Å². The summed E-state index contributed by atoms with van der Waals surface area (Å²) < 4.78 is 26.2. The molecule has 140 valence electrons. The largest absolute Gasteiger partial charge is 0.334 e. The molecule has 0 N–H and O–H groups in total. The second-order valence-corrected chi connectivity index (χ2v) is 10.2. The van der Waals surface area contributed by atoms with Crippen LogP contribution in [0, 0.1) is 13.8 Å². The zero-order valence-corrected chi connectivity index (χ0v) is 17.8. The topological polar surface area (TPSA) is 64.8 Å². The fourth-order valence-electron chi connectivity index (χ4n) is 3.39. The molecule has 0 unspecified atom stereocenters. The molecule has 0 aliphatic heterocycles. The van der Waals surface area contributed by atoms with Crippen molar-refractivity contribution in [2.75, 3.05) is 6.26 Å². The van der Waals surface area contributed by atoms with Gasteiger partial charge in [0.2, 0.25) is 0 Å². The highest BCUT2D eigenvalue weighted by Crippen LogP contribution is 2.37. The minimum Gasteiger partial charge on any atom is -0.334 e. The molecule has 0 fully saturated rings. The summed E-state index contributed by atoms with van der Waals surface area (Å²) in [5.41, 5.74) is 5.57. The van der Waals surface area contributed by atoms with Crippen molar-refractivity contribution in [3.63, 3.8) is 0 Å². The van der Waals surface area contributed by atoms with Crippen LogP contribution in [0.2, 0.25) is 0 Å². The highest BCUT2D eigenvalue weighted by Gasteiger charge is 2.21. The van der Waals surface area contributed by atoms with Crippen LogP contribution in [0.15, 0.2) is 16.5 Å². The number of aryl methyl sites for hydroxylation is 3. The molecule has 3 aromatic rings. The molecule has 0 saturated carbocycles. The molecular formula is C19H25N3O2S2. The van der Waals surface area contributed by atoms with Gasteiger partial charge in [-0.2, -0.15) is 0 Å². The number of aromatic nitrogens is 3. The van der Waals surface area contributed by atoms with Gasteiger partial charge in [0.1, 0.15) is 15.4 Å². The van der Waals surface area contributed by atoms with Gasteiger partial charge in [-0.3, -0.25) is 0 Å². The summed E-state index contributed by atoms with van der Waals surface area (Å²) in [5.74, 6) is 0.471. The van der Waals surface area contributed by atoms with Gasteiger partial charge in [-0.25, -0.2) is 18.4 Å². The molecule has 0 amide bonds.